The molecule has 2 aromatic rings. The fourth-order valence-corrected chi connectivity index (χ4v) is 2.12. The van der Waals surface area contributed by atoms with Crippen LogP contribution >= 0.6 is 0 Å². The quantitative estimate of drug-likeness (QED) is 0.820. The standard InChI is InChI=1S/C17H19NO2/c1-12(19)13-2-4-14(5-3-13)15-6-8-16(9-7-15)17(20)10-11-18/h2-9,17,20H,10-11,18H2,1H3. The molecule has 0 radical (unpaired) electrons. The average molecular weight is 269 g/mol. The molecular weight excluding hydrogens is 250 g/mol. The molecule has 0 aromatic heterocycles. The predicted octanol–water partition coefficient (Wildman–Crippen LogP) is 2.94. The third-order valence-corrected chi connectivity index (χ3v) is 3.36. The first-order valence-corrected chi connectivity index (χ1v) is 6.71. The molecule has 0 aliphatic heterocycles. The number of nitrogens with two attached hydrogens (primary N) is 1. The molecule has 0 aliphatic carbocycles. The van der Waals surface area contributed by atoms with Crippen LogP contribution in [0.5, 0.6) is 0 Å². The maximum atomic E-state index is 11.2. The van der Waals surface area contributed by atoms with E-state index in [0.29, 0.717) is 18.5 Å². The van der Waals surface area contributed by atoms with Crippen molar-refractivity contribution in [1.29, 1.82) is 0 Å². The zero-order valence-electron chi connectivity index (χ0n) is 11.5. The highest BCUT2D eigenvalue weighted by atomic mass is 16.3. The number of carbonyl (C=O) groups is 1. The van der Waals surface area contributed by atoms with E-state index in [1.165, 1.54) is 0 Å². The van der Waals surface area contributed by atoms with E-state index in [1.54, 1.807) is 6.92 Å². The van der Waals surface area contributed by atoms with Crippen LogP contribution in [0.25, 0.3) is 11.1 Å². The Hall–Kier alpha value is -1.97. The van der Waals surface area contributed by atoms with Crippen molar-refractivity contribution in [3.63, 3.8) is 0 Å². The first-order chi connectivity index (χ1) is 9.61. The fourth-order valence-electron chi connectivity index (χ4n) is 2.12. The molecule has 3 heteroatoms. The van der Waals surface area contributed by atoms with Crippen LogP contribution in [0.1, 0.15) is 35.4 Å². The summed E-state index contributed by atoms with van der Waals surface area (Å²) in [6.45, 7) is 2.03. The molecule has 0 aliphatic rings. The summed E-state index contributed by atoms with van der Waals surface area (Å²) < 4.78 is 0. The summed E-state index contributed by atoms with van der Waals surface area (Å²) in [7, 11) is 0. The number of carbonyl (C=O) groups excluding carboxylic acids is 1. The van der Waals surface area contributed by atoms with Gasteiger partial charge in [0.2, 0.25) is 0 Å². The lowest BCUT2D eigenvalue weighted by Crippen LogP contribution is -2.06. The highest BCUT2D eigenvalue weighted by Gasteiger charge is 2.07. The van der Waals surface area contributed by atoms with Crippen molar-refractivity contribution < 1.29 is 9.90 Å². The number of aliphatic hydroxyl groups excluding tert-OH is 1. The Morgan fingerprint density at radius 2 is 1.55 bits per heavy atom. The first kappa shape index (κ1) is 14.4. The van der Waals surface area contributed by atoms with Gasteiger partial charge >= 0.3 is 0 Å². The Labute approximate surface area is 119 Å². The monoisotopic (exact) mass is 269 g/mol. The SMILES string of the molecule is CC(=O)c1ccc(-c2ccc(C(O)CCN)cc2)cc1. The van der Waals surface area contributed by atoms with Gasteiger partial charge in [-0.2, -0.15) is 0 Å². The Bertz CT molecular complexity index is 573. The third kappa shape index (κ3) is 3.32. The number of hydrogen-bond donors (Lipinski definition) is 2. The van der Waals surface area contributed by atoms with Crippen LogP contribution in [-0.4, -0.2) is 17.4 Å². The second kappa shape index (κ2) is 6.46. The molecule has 3 nitrogen and oxygen atoms in total. The number of hydrogen-bond acceptors (Lipinski definition) is 3. The molecule has 3 N–H and O–H groups in total. The minimum Gasteiger partial charge on any atom is -0.388 e. The normalized spacial score (nSPS) is 12.2. The smallest absolute Gasteiger partial charge is 0.159 e. The highest BCUT2D eigenvalue weighted by molar-refractivity contribution is 5.94. The van der Waals surface area contributed by atoms with Crippen LogP contribution < -0.4 is 5.73 Å². The largest absolute Gasteiger partial charge is 0.388 e. The molecule has 0 fully saturated rings. The summed E-state index contributed by atoms with van der Waals surface area (Å²) in [5.41, 5.74) is 9.14. The Morgan fingerprint density at radius 1 is 1.05 bits per heavy atom. The number of ketones is 1. The molecule has 0 spiro atoms. The van der Waals surface area contributed by atoms with Crippen molar-refractivity contribution in [2.24, 2.45) is 5.73 Å². The zero-order valence-corrected chi connectivity index (χ0v) is 11.5. The van der Waals surface area contributed by atoms with E-state index < -0.39 is 6.10 Å². The Kier molecular flexibility index (Phi) is 4.66. The number of rotatable bonds is 5. The molecule has 0 amide bonds. The van der Waals surface area contributed by atoms with Crippen molar-refractivity contribution in [3.05, 3.63) is 59.7 Å². The van der Waals surface area contributed by atoms with E-state index >= 15 is 0 Å². The van der Waals surface area contributed by atoms with Crippen LogP contribution in [0, 0.1) is 0 Å². The van der Waals surface area contributed by atoms with Gasteiger partial charge in [0.05, 0.1) is 6.10 Å². The lowest BCUT2D eigenvalue weighted by atomic mass is 9.99. The average Bonchev–Trinajstić information content (AvgIpc) is 2.48. The molecule has 20 heavy (non-hydrogen) atoms. The molecule has 2 rings (SSSR count). The van der Waals surface area contributed by atoms with Gasteiger partial charge < -0.3 is 10.8 Å². The van der Waals surface area contributed by atoms with Gasteiger partial charge in [0, 0.05) is 5.56 Å². The van der Waals surface area contributed by atoms with Gasteiger partial charge in [-0.15, -0.1) is 0 Å². The summed E-state index contributed by atoms with van der Waals surface area (Å²) >= 11 is 0. The lowest BCUT2D eigenvalue weighted by Gasteiger charge is -2.10. The number of aliphatic hydroxyl groups is 1. The second-order valence-corrected chi connectivity index (χ2v) is 4.85. The van der Waals surface area contributed by atoms with E-state index in [2.05, 4.69) is 0 Å². The van der Waals surface area contributed by atoms with Gasteiger partial charge in [0.1, 0.15) is 0 Å². The van der Waals surface area contributed by atoms with Gasteiger partial charge in [0.25, 0.3) is 0 Å². The number of benzene rings is 2. The van der Waals surface area contributed by atoms with Gasteiger partial charge in [-0.1, -0.05) is 48.5 Å². The molecule has 1 unspecified atom stereocenters. The molecule has 0 saturated heterocycles. The van der Waals surface area contributed by atoms with E-state index in [1.807, 2.05) is 48.5 Å². The summed E-state index contributed by atoms with van der Waals surface area (Å²) in [5.74, 6) is 0.0665. The molecule has 2 aromatic carbocycles. The first-order valence-electron chi connectivity index (χ1n) is 6.71. The fraction of sp³-hybridized carbons (Fsp3) is 0.235. The highest BCUT2D eigenvalue weighted by Crippen LogP contribution is 2.23. The van der Waals surface area contributed by atoms with E-state index in [9.17, 15) is 9.90 Å². The zero-order chi connectivity index (χ0) is 14.5. The summed E-state index contributed by atoms with van der Waals surface area (Å²) in [4.78, 5) is 11.2. The van der Waals surface area contributed by atoms with E-state index in [-0.39, 0.29) is 5.78 Å². The Morgan fingerprint density at radius 3 is 2.00 bits per heavy atom. The molecule has 0 heterocycles. The van der Waals surface area contributed by atoms with Crippen LogP contribution in [0.2, 0.25) is 0 Å². The molecule has 0 bridgehead atoms. The van der Waals surface area contributed by atoms with Crippen LogP contribution in [0.15, 0.2) is 48.5 Å². The van der Waals surface area contributed by atoms with Crippen molar-refractivity contribution in [2.45, 2.75) is 19.4 Å². The van der Waals surface area contributed by atoms with Crippen LogP contribution in [0.4, 0.5) is 0 Å². The molecule has 104 valence electrons. The van der Waals surface area contributed by atoms with E-state index in [4.69, 9.17) is 5.73 Å². The number of Topliss-reactive ketones (excluding diaryl/α,β-unsaturated/α-hetero) is 1. The molecule has 1 atom stereocenters. The maximum Gasteiger partial charge on any atom is 0.159 e. The van der Waals surface area contributed by atoms with E-state index in [0.717, 1.165) is 16.7 Å². The summed E-state index contributed by atoms with van der Waals surface area (Å²) in [6, 6.07) is 15.3. The van der Waals surface area contributed by atoms with Crippen LogP contribution in [0.3, 0.4) is 0 Å². The lowest BCUT2D eigenvalue weighted by molar-refractivity contribution is 0.101. The Balaban J connectivity index is 2.19. The minimum absolute atomic E-state index is 0.0665. The van der Waals surface area contributed by atoms with Gasteiger partial charge in [0.15, 0.2) is 5.78 Å². The predicted molar refractivity (Wildman–Crippen MR) is 80.5 cm³/mol. The minimum atomic E-state index is -0.505. The second-order valence-electron chi connectivity index (χ2n) is 4.85. The van der Waals surface area contributed by atoms with Crippen molar-refractivity contribution in [3.8, 4) is 11.1 Å². The van der Waals surface area contributed by atoms with Gasteiger partial charge in [-0.3, -0.25) is 4.79 Å². The summed E-state index contributed by atoms with van der Waals surface area (Å²) in [6.07, 6.45) is 0.0567. The molecule has 0 saturated carbocycles. The van der Waals surface area contributed by atoms with Crippen LogP contribution in [-0.2, 0) is 0 Å². The van der Waals surface area contributed by atoms with Crippen molar-refractivity contribution in [1.82, 2.24) is 0 Å². The van der Waals surface area contributed by atoms with Gasteiger partial charge in [-0.25, -0.2) is 0 Å². The maximum absolute atomic E-state index is 11.2. The van der Waals surface area contributed by atoms with Crippen molar-refractivity contribution >= 4 is 5.78 Å². The van der Waals surface area contributed by atoms with Gasteiger partial charge in [-0.05, 0) is 36.6 Å². The van der Waals surface area contributed by atoms with Crippen molar-refractivity contribution in [2.75, 3.05) is 6.54 Å². The molecular formula is C17H19NO2. The summed E-state index contributed by atoms with van der Waals surface area (Å²) in [5, 5.41) is 9.86. The topological polar surface area (TPSA) is 63.3 Å². The third-order valence-electron chi connectivity index (χ3n) is 3.36.